The van der Waals surface area contributed by atoms with Crippen LogP contribution in [0.1, 0.15) is 28.0 Å². The van der Waals surface area contributed by atoms with Crippen LogP contribution in [0.4, 0.5) is 15.9 Å². The summed E-state index contributed by atoms with van der Waals surface area (Å²) in [7, 11) is 0. The number of para-hydroxylation sites is 1. The Bertz CT molecular complexity index is 974. The van der Waals surface area contributed by atoms with Gasteiger partial charge in [0.05, 0.1) is 0 Å². The fourth-order valence-corrected chi connectivity index (χ4v) is 3.44. The van der Waals surface area contributed by atoms with Gasteiger partial charge in [0.2, 0.25) is 0 Å². The number of nitrogens with zero attached hydrogens (tertiary/aromatic N) is 3. The minimum absolute atomic E-state index is 0.115. The third-order valence-corrected chi connectivity index (χ3v) is 4.87. The van der Waals surface area contributed by atoms with Crippen molar-refractivity contribution in [1.82, 2.24) is 9.97 Å². The van der Waals surface area contributed by atoms with E-state index in [0.717, 1.165) is 30.5 Å². The average Bonchev–Trinajstić information content (AvgIpc) is 2.74. The van der Waals surface area contributed by atoms with Crippen LogP contribution in [0.2, 0.25) is 0 Å². The molecule has 1 N–H and O–H groups in total. The number of carbonyl (C=O) groups is 1. The van der Waals surface area contributed by atoms with Gasteiger partial charge in [-0.25, -0.2) is 14.4 Å². The molecular formula is C22H21FN4O. The Labute approximate surface area is 163 Å². The van der Waals surface area contributed by atoms with E-state index in [1.165, 1.54) is 24.0 Å². The molecule has 5 nitrogen and oxygen atoms in total. The molecule has 1 aromatic heterocycles. The van der Waals surface area contributed by atoms with Gasteiger partial charge in [0.1, 0.15) is 23.7 Å². The second kappa shape index (κ2) is 8.17. The zero-order valence-electron chi connectivity index (χ0n) is 15.4. The van der Waals surface area contributed by atoms with Gasteiger partial charge in [-0.2, -0.15) is 0 Å². The Hall–Kier alpha value is -3.28. The van der Waals surface area contributed by atoms with Gasteiger partial charge >= 0.3 is 0 Å². The van der Waals surface area contributed by atoms with E-state index in [1.54, 1.807) is 23.1 Å². The number of rotatable bonds is 5. The standard InChI is InChI=1S/C22H21FN4O/c23-18-9-7-16(8-10-18)11-12-24-21-14-19(25-15-26-21)22(28)27-13-3-5-17-4-1-2-6-20(17)27/h1-2,4,6-10,14-15H,3,5,11-13H2,(H,24,25,26). The van der Waals surface area contributed by atoms with Gasteiger partial charge in [0.25, 0.3) is 5.91 Å². The lowest BCUT2D eigenvalue weighted by Crippen LogP contribution is -2.36. The molecule has 2 aromatic carbocycles. The van der Waals surface area contributed by atoms with Crippen molar-refractivity contribution >= 4 is 17.4 Å². The minimum atomic E-state index is -0.241. The summed E-state index contributed by atoms with van der Waals surface area (Å²) in [6.07, 6.45) is 4.06. The van der Waals surface area contributed by atoms with E-state index in [2.05, 4.69) is 21.4 Å². The number of aryl methyl sites for hydroxylation is 1. The number of aromatic nitrogens is 2. The van der Waals surface area contributed by atoms with Gasteiger partial charge < -0.3 is 10.2 Å². The predicted molar refractivity (Wildman–Crippen MR) is 107 cm³/mol. The van der Waals surface area contributed by atoms with E-state index in [1.807, 2.05) is 18.2 Å². The summed E-state index contributed by atoms with van der Waals surface area (Å²) in [4.78, 5) is 23.2. The summed E-state index contributed by atoms with van der Waals surface area (Å²) in [5.41, 5.74) is 3.55. The van der Waals surface area contributed by atoms with Crippen LogP contribution in [-0.2, 0) is 12.8 Å². The number of benzene rings is 2. The molecule has 28 heavy (non-hydrogen) atoms. The molecule has 0 atom stereocenters. The molecule has 1 amide bonds. The average molecular weight is 376 g/mol. The van der Waals surface area contributed by atoms with Gasteiger partial charge in [-0.3, -0.25) is 4.79 Å². The van der Waals surface area contributed by atoms with E-state index in [-0.39, 0.29) is 11.7 Å². The van der Waals surface area contributed by atoms with Crippen molar-refractivity contribution in [1.29, 1.82) is 0 Å². The maximum atomic E-state index is 13.0. The number of hydrogen-bond donors (Lipinski definition) is 1. The van der Waals surface area contributed by atoms with Crippen LogP contribution in [-0.4, -0.2) is 29.0 Å². The maximum absolute atomic E-state index is 13.0. The van der Waals surface area contributed by atoms with Gasteiger partial charge in [-0.15, -0.1) is 0 Å². The molecule has 0 saturated heterocycles. The maximum Gasteiger partial charge on any atom is 0.277 e. The van der Waals surface area contributed by atoms with E-state index in [0.29, 0.717) is 24.6 Å². The fourth-order valence-electron chi connectivity index (χ4n) is 3.44. The van der Waals surface area contributed by atoms with Crippen molar-refractivity contribution in [3.8, 4) is 0 Å². The Balaban J connectivity index is 1.43. The monoisotopic (exact) mass is 376 g/mol. The van der Waals surface area contributed by atoms with Crippen molar-refractivity contribution in [2.45, 2.75) is 19.3 Å². The quantitative estimate of drug-likeness (QED) is 0.735. The Morgan fingerprint density at radius 3 is 2.79 bits per heavy atom. The Kier molecular flexibility index (Phi) is 5.28. The second-order valence-electron chi connectivity index (χ2n) is 6.78. The molecule has 0 spiro atoms. The van der Waals surface area contributed by atoms with Crippen LogP contribution in [0.25, 0.3) is 0 Å². The summed E-state index contributed by atoms with van der Waals surface area (Å²) in [5.74, 6) is 0.247. The SMILES string of the molecule is O=C(c1cc(NCCc2ccc(F)cc2)ncn1)N1CCCc2ccccc21. The predicted octanol–water partition coefficient (Wildman–Crippen LogP) is 3.86. The molecule has 1 aliphatic heterocycles. The second-order valence-corrected chi connectivity index (χ2v) is 6.78. The van der Waals surface area contributed by atoms with Crippen LogP contribution < -0.4 is 10.2 Å². The highest BCUT2D eigenvalue weighted by molar-refractivity contribution is 6.05. The molecule has 0 fully saturated rings. The molecule has 0 aliphatic carbocycles. The molecule has 6 heteroatoms. The highest BCUT2D eigenvalue weighted by atomic mass is 19.1. The lowest BCUT2D eigenvalue weighted by atomic mass is 10.0. The number of hydrogen-bond acceptors (Lipinski definition) is 4. The molecular weight excluding hydrogens is 355 g/mol. The molecule has 4 rings (SSSR count). The van der Waals surface area contributed by atoms with Crippen molar-refractivity contribution < 1.29 is 9.18 Å². The third-order valence-electron chi connectivity index (χ3n) is 4.87. The Morgan fingerprint density at radius 1 is 1.11 bits per heavy atom. The summed E-state index contributed by atoms with van der Waals surface area (Å²) >= 11 is 0. The topological polar surface area (TPSA) is 58.1 Å². The number of nitrogens with one attached hydrogen (secondary N) is 1. The van der Waals surface area contributed by atoms with Crippen molar-refractivity contribution in [3.05, 3.63) is 83.6 Å². The highest BCUT2D eigenvalue weighted by Gasteiger charge is 2.24. The van der Waals surface area contributed by atoms with Crippen LogP contribution in [0.5, 0.6) is 0 Å². The van der Waals surface area contributed by atoms with Crippen LogP contribution in [0.3, 0.4) is 0 Å². The van der Waals surface area contributed by atoms with Crippen molar-refractivity contribution in [2.24, 2.45) is 0 Å². The first kappa shape index (κ1) is 18.1. The number of halogens is 1. The molecule has 2 heterocycles. The van der Waals surface area contributed by atoms with Crippen molar-refractivity contribution in [3.63, 3.8) is 0 Å². The first-order chi connectivity index (χ1) is 13.7. The minimum Gasteiger partial charge on any atom is -0.370 e. The van der Waals surface area contributed by atoms with Crippen LogP contribution in [0, 0.1) is 5.82 Å². The molecule has 0 saturated carbocycles. The third kappa shape index (κ3) is 4.01. The van der Waals surface area contributed by atoms with E-state index >= 15 is 0 Å². The molecule has 1 aliphatic rings. The smallest absolute Gasteiger partial charge is 0.277 e. The molecule has 0 radical (unpaired) electrons. The van der Waals surface area contributed by atoms with E-state index < -0.39 is 0 Å². The molecule has 0 unspecified atom stereocenters. The molecule has 142 valence electrons. The van der Waals surface area contributed by atoms with Gasteiger partial charge in [-0.05, 0) is 48.6 Å². The van der Waals surface area contributed by atoms with E-state index in [4.69, 9.17) is 0 Å². The van der Waals surface area contributed by atoms with Crippen LogP contribution >= 0.6 is 0 Å². The summed E-state index contributed by atoms with van der Waals surface area (Å²) in [6.45, 7) is 1.32. The largest absolute Gasteiger partial charge is 0.370 e. The number of fused-ring (bicyclic) bond motifs is 1. The van der Waals surface area contributed by atoms with E-state index in [9.17, 15) is 9.18 Å². The zero-order valence-corrected chi connectivity index (χ0v) is 15.4. The normalized spacial score (nSPS) is 13.1. The van der Waals surface area contributed by atoms with Crippen molar-refractivity contribution in [2.75, 3.05) is 23.3 Å². The van der Waals surface area contributed by atoms with Gasteiger partial charge in [0.15, 0.2) is 0 Å². The summed E-state index contributed by atoms with van der Waals surface area (Å²) in [6, 6.07) is 16.1. The first-order valence-corrected chi connectivity index (χ1v) is 9.41. The van der Waals surface area contributed by atoms with Gasteiger partial charge in [0, 0.05) is 24.8 Å². The summed E-state index contributed by atoms with van der Waals surface area (Å²) in [5, 5.41) is 3.21. The zero-order chi connectivity index (χ0) is 19.3. The molecule has 3 aromatic rings. The summed E-state index contributed by atoms with van der Waals surface area (Å²) < 4.78 is 13.0. The van der Waals surface area contributed by atoms with Crippen LogP contribution in [0.15, 0.2) is 60.9 Å². The molecule has 0 bridgehead atoms. The Morgan fingerprint density at radius 2 is 1.93 bits per heavy atom. The first-order valence-electron chi connectivity index (χ1n) is 9.41. The van der Waals surface area contributed by atoms with Gasteiger partial charge in [-0.1, -0.05) is 30.3 Å². The number of anilines is 2. The highest BCUT2D eigenvalue weighted by Crippen LogP contribution is 2.27. The number of amides is 1. The number of carbonyl (C=O) groups excluding carboxylic acids is 1. The lowest BCUT2D eigenvalue weighted by Gasteiger charge is -2.29. The lowest BCUT2D eigenvalue weighted by molar-refractivity contribution is 0.0980. The fraction of sp³-hybridized carbons (Fsp3) is 0.227.